The van der Waals surface area contributed by atoms with Crippen molar-refractivity contribution >= 4 is 0 Å². The molecular formula is C8H8F2O2. The Balaban J connectivity index is 2.37. The number of hydrogen-bond donors (Lipinski definition) is 0. The van der Waals surface area contributed by atoms with E-state index in [-0.39, 0.29) is 11.5 Å². The molecule has 1 aliphatic heterocycles. The first kappa shape index (κ1) is 7.58. The first-order valence-corrected chi connectivity index (χ1v) is 3.74. The summed E-state index contributed by atoms with van der Waals surface area (Å²) in [5, 5.41) is 0. The van der Waals surface area contributed by atoms with Gasteiger partial charge < -0.3 is 9.47 Å². The molecule has 0 radical (unpaired) electrons. The average Bonchev–Trinajstić information content (AvgIpc) is 2.25. The third kappa shape index (κ3) is 1.07. The van der Waals surface area contributed by atoms with Crippen molar-refractivity contribution in [1.82, 2.24) is 0 Å². The summed E-state index contributed by atoms with van der Waals surface area (Å²) >= 11 is 0. The van der Waals surface area contributed by atoms with Crippen LogP contribution in [-0.4, -0.2) is 6.29 Å². The van der Waals surface area contributed by atoms with E-state index in [9.17, 15) is 8.78 Å². The molecule has 0 unspecified atom stereocenters. The van der Waals surface area contributed by atoms with Crippen LogP contribution in [0.2, 0.25) is 0 Å². The Labute approximate surface area is 68.5 Å². The molecule has 0 atom stereocenters. The fourth-order valence-corrected chi connectivity index (χ4v) is 1.33. The van der Waals surface area contributed by atoms with Gasteiger partial charge in [0.15, 0.2) is 11.5 Å². The van der Waals surface area contributed by atoms with Crippen LogP contribution in [0.5, 0.6) is 0 Å². The topological polar surface area (TPSA) is 18.5 Å². The molecule has 12 heavy (non-hydrogen) atoms. The standard InChI is InChI=1S/C8H8F2O2/c1-5-3-2-4-6-7(5)12-8(9,10)11-6/h4H,2-3H2,1H3. The average molecular weight is 174 g/mol. The highest BCUT2D eigenvalue weighted by molar-refractivity contribution is 5.31. The van der Waals surface area contributed by atoms with Gasteiger partial charge in [0.1, 0.15) is 0 Å². The number of alkyl halides is 2. The molecule has 66 valence electrons. The van der Waals surface area contributed by atoms with Gasteiger partial charge in [0.25, 0.3) is 0 Å². The number of fused-ring (bicyclic) bond motifs is 1. The van der Waals surface area contributed by atoms with Crippen LogP contribution >= 0.6 is 0 Å². The van der Waals surface area contributed by atoms with Gasteiger partial charge in [-0.1, -0.05) is 0 Å². The molecule has 2 nitrogen and oxygen atoms in total. The van der Waals surface area contributed by atoms with Crippen LogP contribution < -0.4 is 0 Å². The van der Waals surface area contributed by atoms with E-state index in [0.717, 1.165) is 18.4 Å². The van der Waals surface area contributed by atoms with Gasteiger partial charge >= 0.3 is 6.29 Å². The normalized spacial score (nSPS) is 25.8. The summed E-state index contributed by atoms with van der Waals surface area (Å²) in [6.07, 6.45) is -0.335. The van der Waals surface area contributed by atoms with Crippen molar-refractivity contribution in [3.05, 3.63) is 23.2 Å². The van der Waals surface area contributed by atoms with Crippen LogP contribution in [0.25, 0.3) is 0 Å². The summed E-state index contributed by atoms with van der Waals surface area (Å²) in [5.41, 5.74) is 0.824. The highest BCUT2D eigenvalue weighted by atomic mass is 19.3. The molecule has 1 saturated heterocycles. The highest BCUT2D eigenvalue weighted by Crippen LogP contribution is 2.41. The fraction of sp³-hybridized carbons (Fsp3) is 0.500. The summed E-state index contributed by atoms with van der Waals surface area (Å²) in [5.74, 6) is 0.398. The van der Waals surface area contributed by atoms with Gasteiger partial charge in [0, 0.05) is 0 Å². The Hall–Kier alpha value is -1.06. The largest absolute Gasteiger partial charge is 0.586 e. The Morgan fingerprint density at radius 3 is 2.83 bits per heavy atom. The first-order valence-electron chi connectivity index (χ1n) is 3.74. The quantitative estimate of drug-likeness (QED) is 0.561. The molecule has 0 N–H and O–H groups in total. The van der Waals surface area contributed by atoms with Crippen LogP contribution in [-0.2, 0) is 9.47 Å². The van der Waals surface area contributed by atoms with E-state index >= 15 is 0 Å². The smallest absolute Gasteiger partial charge is 0.396 e. The highest BCUT2D eigenvalue weighted by Gasteiger charge is 2.46. The summed E-state index contributed by atoms with van der Waals surface area (Å²) in [7, 11) is 0. The molecule has 1 fully saturated rings. The molecule has 0 bridgehead atoms. The van der Waals surface area contributed by atoms with Crippen molar-refractivity contribution in [2.75, 3.05) is 0 Å². The molecule has 0 spiro atoms. The summed E-state index contributed by atoms with van der Waals surface area (Å²) in [6, 6.07) is 0. The molecule has 2 rings (SSSR count). The maximum absolute atomic E-state index is 12.5. The van der Waals surface area contributed by atoms with Crippen molar-refractivity contribution < 1.29 is 18.3 Å². The molecule has 0 amide bonds. The van der Waals surface area contributed by atoms with E-state index in [1.807, 2.05) is 0 Å². The lowest BCUT2D eigenvalue weighted by Crippen LogP contribution is -2.14. The van der Waals surface area contributed by atoms with Gasteiger partial charge in [-0.15, -0.1) is 8.78 Å². The minimum absolute atomic E-state index is 0.184. The molecule has 0 saturated carbocycles. The molecule has 2 aliphatic rings. The zero-order valence-corrected chi connectivity index (χ0v) is 6.56. The Morgan fingerprint density at radius 1 is 1.42 bits per heavy atom. The monoisotopic (exact) mass is 174 g/mol. The predicted octanol–water partition coefficient (Wildman–Crippen LogP) is 2.54. The van der Waals surface area contributed by atoms with Crippen LogP contribution in [0.1, 0.15) is 19.8 Å². The van der Waals surface area contributed by atoms with Crippen LogP contribution in [0, 0.1) is 0 Å². The Kier molecular flexibility index (Phi) is 1.40. The minimum atomic E-state index is -3.47. The SMILES string of the molecule is CC1=C2OC(F)(F)OC2=CCC1. The van der Waals surface area contributed by atoms with E-state index in [0.29, 0.717) is 0 Å². The van der Waals surface area contributed by atoms with Gasteiger partial charge in [-0.25, -0.2) is 0 Å². The second-order valence-electron chi connectivity index (χ2n) is 2.88. The zero-order valence-electron chi connectivity index (χ0n) is 6.56. The lowest BCUT2D eigenvalue weighted by atomic mass is 10.0. The summed E-state index contributed by atoms with van der Waals surface area (Å²) in [6.45, 7) is 1.77. The van der Waals surface area contributed by atoms with Gasteiger partial charge in [0.05, 0.1) is 0 Å². The lowest BCUT2D eigenvalue weighted by molar-refractivity contribution is -0.326. The summed E-state index contributed by atoms with van der Waals surface area (Å²) < 4.78 is 33.6. The molecule has 0 aromatic heterocycles. The van der Waals surface area contributed by atoms with Crippen molar-refractivity contribution in [1.29, 1.82) is 0 Å². The second-order valence-corrected chi connectivity index (χ2v) is 2.88. The van der Waals surface area contributed by atoms with Crippen molar-refractivity contribution in [3.8, 4) is 0 Å². The lowest BCUT2D eigenvalue weighted by Gasteiger charge is -2.07. The number of halogens is 2. The van der Waals surface area contributed by atoms with E-state index in [1.165, 1.54) is 0 Å². The third-order valence-corrected chi connectivity index (χ3v) is 1.91. The van der Waals surface area contributed by atoms with Crippen molar-refractivity contribution in [2.24, 2.45) is 0 Å². The fourth-order valence-electron chi connectivity index (χ4n) is 1.33. The summed E-state index contributed by atoms with van der Waals surface area (Å²) in [4.78, 5) is 0. The minimum Gasteiger partial charge on any atom is -0.396 e. The maximum Gasteiger partial charge on any atom is 0.586 e. The first-order chi connectivity index (χ1) is 5.58. The molecule has 1 heterocycles. The van der Waals surface area contributed by atoms with E-state index < -0.39 is 6.29 Å². The predicted molar refractivity (Wildman–Crippen MR) is 37.1 cm³/mol. The van der Waals surface area contributed by atoms with Gasteiger partial charge in [-0.2, -0.15) is 0 Å². The van der Waals surface area contributed by atoms with E-state index in [4.69, 9.17) is 0 Å². The Bertz CT molecular complexity index is 279. The van der Waals surface area contributed by atoms with Crippen LogP contribution in [0.3, 0.4) is 0 Å². The molecule has 1 aliphatic carbocycles. The van der Waals surface area contributed by atoms with Crippen LogP contribution in [0.15, 0.2) is 23.2 Å². The number of allylic oxidation sites excluding steroid dienone is 2. The third-order valence-electron chi connectivity index (χ3n) is 1.91. The van der Waals surface area contributed by atoms with Crippen LogP contribution in [0.4, 0.5) is 8.78 Å². The van der Waals surface area contributed by atoms with Gasteiger partial charge in [-0.05, 0) is 31.4 Å². The van der Waals surface area contributed by atoms with E-state index in [1.54, 1.807) is 13.0 Å². The molecule has 0 aromatic rings. The van der Waals surface area contributed by atoms with E-state index in [2.05, 4.69) is 9.47 Å². The zero-order chi connectivity index (χ0) is 8.77. The second kappa shape index (κ2) is 2.21. The number of hydrogen-bond acceptors (Lipinski definition) is 2. The molecular weight excluding hydrogens is 166 g/mol. The number of ether oxygens (including phenoxy) is 2. The number of rotatable bonds is 0. The Morgan fingerprint density at radius 2 is 2.17 bits per heavy atom. The van der Waals surface area contributed by atoms with Gasteiger partial charge in [0.2, 0.25) is 0 Å². The van der Waals surface area contributed by atoms with Crippen molar-refractivity contribution in [3.63, 3.8) is 0 Å². The van der Waals surface area contributed by atoms with Gasteiger partial charge in [-0.3, -0.25) is 0 Å². The maximum atomic E-state index is 12.5. The molecule has 0 aromatic carbocycles. The van der Waals surface area contributed by atoms with Crippen molar-refractivity contribution in [2.45, 2.75) is 26.1 Å². The molecule has 4 heteroatoms.